The number of halogens is 1. The van der Waals surface area contributed by atoms with Gasteiger partial charge in [-0.05, 0) is 27.9 Å². The number of fused-ring (bicyclic) bond motifs is 1. The van der Waals surface area contributed by atoms with Crippen LogP contribution in [0.1, 0.15) is 12.5 Å². The zero-order valence-corrected chi connectivity index (χ0v) is 8.22. The van der Waals surface area contributed by atoms with Gasteiger partial charge >= 0.3 is 0 Å². The molecule has 0 aromatic carbocycles. The van der Waals surface area contributed by atoms with Gasteiger partial charge in [0.2, 0.25) is 0 Å². The standard InChI is InChI=1S/C8H8BrN3/c1-2-5-3-10-8-7(5)12-6(9)4-11-8/h3-4H,2H2,1H3,(H,10,11). The largest absolute Gasteiger partial charge is 0.345 e. The van der Waals surface area contributed by atoms with Crippen LogP contribution in [0.3, 0.4) is 0 Å². The van der Waals surface area contributed by atoms with Crippen molar-refractivity contribution in [3.8, 4) is 0 Å². The minimum atomic E-state index is 0.782. The zero-order chi connectivity index (χ0) is 8.55. The Morgan fingerprint density at radius 1 is 1.58 bits per heavy atom. The van der Waals surface area contributed by atoms with Crippen LogP contribution in [-0.2, 0) is 6.42 Å². The average molecular weight is 226 g/mol. The van der Waals surface area contributed by atoms with Gasteiger partial charge in [-0.2, -0.15) is 0 Å². The van der Waals surface area contributed by atoms with Crippen molar-refractivity contribution in [3.05, 3.63) is 22.6 Å². The van der Waals surface area contributed by atoms with Crippen molar-refractivity contribution in [2.45, 2.75) is 13.3 Å². The van der Waals surface area contributed by atoms with E-state index in [4.69, 9.17) is 0 Å². The Morgan fingerprint density at radius 3 is 3.17 bits per heavy atom. The maximum atomic E-state index is 4.33. The second-order valence-electron chi connectivity index (χ2n) is 2.56. The molecule has 3 nitrogen and oxygen atoms in total. The number of nitrogens with one attached hydrogen (secondary N) is 1. The summed E-state index contributed by atoms with van der Waals surface area (Å²) in [5.41, 5.74) is 3.03. The maximum absolute atomic E-state index is 4.33. The fourth-order valence-electron chi connectivity index (χ4n) is 1.19. The summed E-state index contributed by atoms with van der Waals surface area (Å²) < 4.78 is 0.782. The van der Waals surface area contributed by atoms with E-state index in [1.54, 1.807) is 6.20 Å². The minimum Gasteiger partial charge on any atom is -0.345 e. The van der Waals surface area contributed by atoms with Gasteiger partial charge in [0.25, 0.3) is 0 Å². The molecule has 0 saturated heterocycles. The van der Waals surface area contributed by atoms with E-state index < -0.39 is 0 Å². The van der Waals surface area contributed by atoms with Gasteiger partial charge in [0.05, 0.1) is 6.20 Å². The first-order valence-corrected chi connectivity index (χ1v) is 4.59. The first kappa shape index (κ1) is 7.73. The first-order chi connectivity index (χ1) is 5.81. The second kappa shape index (κ2) is 2.86. The van der Waals surface area contributed by atoms with Gasteiger partial charge in [-0.25, -0.2) is 9.97 Å². The van der Waals surface area contributed by atoms with Gasteiger partial charge in [-0.1, -0.05) is 6.92 Å². The topological polar surface area (TPSA) is 41.6 Å². The summed E-state index contributed by atoms with van der Waals surface area (Å²) in [6, 6.07) is 0. The van der Waals surface area contributed by atoms with E-state index in [-0.39, 0.29) is 0 Å². The highest BCUT2D eigenvalue weighted by molar-refractivity contribution is 9.10. The molecule has 62 valence electrons. The smallest absolute Gasteiger partial charge is 0.156 e. The predicted molar refractivity (Wildman–Crippen MR) is 51.0 cm³/mol. The molecule has 0 saturated carbocycles. The fraction of sp³-hybridized carbons (Fsp3) is 0.250. The minimum absolute atomic E-state index is 0.782. The van der Waals surface area contributed by atoms with Crippen LogP contribution >= 0.6 is 15.9 Å². The van der Waals surface area contributed by atoms with E-state index >= 15 is 0 Å². The number of aromatic amines is 1. The van der Waals surface area contributed by atoms with Crippen LogP contribution in [0.25, 0.3) is 11.2 Å². The highest BCUT2D eigenvalue weighted by Gasteiger charge is 2.03. The molecular weight excluding hydrogens is 218 g/mol. The number of hydrogen-bond donors (Lipinski definition) is 1. The lowest BCUT2D eigenvalue weighted by atomic mass is 10.2. The van der Waals surface area contributed by atoms with Gasteiger partial charge in [0, 0.05) is 6.20 Å². The number of H-pyrrole nitrogens is 1. The van der Waals surface area contributed by atoms with E-state index in [1.165, 1.54) is 5.56 Å². The molecule has 0 fully saturated rings. The Morgan fingerprint density at radius 2 is 2.42 bits per heavy atom. The quantitative estimate of drug-likeness (QED) is 0.810. The third-order valence-corrected chi connectivity index (χ3v) is 2.19. The molecule has 2 heterocycles. The van der Waals surface area contributed by atoms with E-state index in [0.717, 1.165) is 22.2 Å². The lowest BCUT2D eigenvalue weighted by Gasteiger charge is -1.92. The second-order valence-corrected chi connectivity index (χ2v) is 3.37. The Hall–Kier alpha value is -0.900. The van der Waals surface area contributed by atoms with Crippen molar-refractivity contribution in [3.63, 3.8) is 0 Å². The molecule has 0 atom stereocenters. The summed E-state index contributed by atoms with van der Waals surface area (Å²) in [4.78, 5) is 11.6. The summed E-state index contributed by atoms with van der Waals surface area (Å²) in [5, 5.41) is 0. The predicted octanol–water partition coefficient (Wildman–Crippen LogP) is 2.28. The molecule has 1 N–H and O–H groups in total. The lowest BCUT2D eigenvalue weighted by molar-refractivity contribution is 1.14. The zero-order valence-electron chi connectivity index (χ0n) is 6.63. The van der Waals surface area contributed by atoms with E-state index in [0.29, 0.717) is 0 Å². The van der Waals surface area contributed by atoms with Crippen molar-refractivity contribution in [1.82, 2.24) is 15.0 Å². The van der Waals surface area contributed by atoms with Gasteiger partial charge in [-0.3, -0.25) is 0 Å². The molecule has 0 spiro atoms. The van der Waals surface area contributed by atoms with Crippen LogP contribution < -0.4 is 0 Å². The number of hydrogen-bond acceptors (Lipinski definition) is 2. The fourth-order valence-corrected chi connectivity index (χ4v) is 1.47. The Balaban J connectivity index is 2.75. The SMILES string of the molecule is CCc1c[nH]c2ncc(Br)nc12. The van der Waals surface area contributed by atoms with Gasteiger partial charge in [0.15, 0.2) is 5.65 Å². The highest BCUT2D eigenvalue weighted by atomic mass is 79.9. The average Bonchev–Trinajstić information content (AvgIpc) is 2.46. The monoisotopic (exact) mass is 225 g/mol. The molecule has 0 radical (unpaired) electrons. The summed E-state index contributed by atoms with van der Waals surface area (Å²) in [6.07, 6.45) is 4.63. The van der Waals surface area contributed by atoms with Crippen molar-refractivity contribution in [1.29, 1.82) is 0 Å². The summed E-state index contributed by atoms with van der Waals surface area (Å²) in [6.45, 7) is 2.10. The molecule has 4 heteroatoms. The Kier molecular flexibility index (Phi) is 1.84. The van der Waals surface area contributed by atoms with Crippen LogP contribution in [0.5, 0.6) is 0 Å². The summed E-state index contributed by atoms with van der Waals surface area (Å²) in [7, 11) is 0. The molecule has 0 unspecified atom stereocenters. The van der Waals surface area contributed by atoms with Crippen LogP contribution in [0, 0.1) is 0 Å². The van der Waals surface area contributed by atoms with Gasteiger partial charge in [-0.15, -0.1) is 0 Å². The number of nitrogens with zero attached hydrogens (tertiary/aromatic N) is 2. The Bertz CT molecular complexity index is 408. The van der Waals surface area contributed by atoms with Crippen LogP contribution in [0.4, 0.5) is 0 Å². The molecule has 0 aliphatic carbocycles. The number of aromatic nitrogens is 3. The van der Waals surface area contributed by atoms with Crippen LogP contribution in [0.2, 0.25) is 0 Å². The first-order valence-electron chi connectivity index (χ1n) is 3.79. The van der Waals surface area contributed by atoms with E-state index in [2.05, 4.69) is 37.8 Å². The molecule has 0 aliphatic rings. The number of aryl methyl sites for hydroxylation is 1. The molecule has 0 amide bonds. The maximum Gasteiger partial charge on any atom is 0.156 e. The van der Waals surface area contributed by atoms with Crippen molar-refractivity contribution >= 4 is 27.1 Å². The summed E-state index contributed by atoms with van der Waals surface area (Å²) >= 11 is 3.29. The van der Waals surface area contributed by atoms with Gasteiger partial charge < -0.3 is 4.98 Å². The molecule has 0 aliphatic heterocycles. The lowest BCUT2D eigenvalue weighted by Crippen LogP contribution is -1.83. The molecule has 0 bridgehead atoms. The van der Waals surface area contributed by atoms with E-state index in [1.807, 2.05) is 6.20 Å². The Labute approximate surface area is 78.4 Å². The summed E-state index contributed by atoms with van der Waals surface area (Å²) in [5.74, 6) is 0. The highest BCUT2D eigenvalue weighted by Crippen LogP contribution is 2.16. The van der Waals surface area contributed by atoms with Crippen molar-refractivity contribution in [2.75, 3.05) is 0 Å². The van der Waals surface area contributed by atoms with Gasteiger partial charge in [0.1, 0.15) is 10.1 Å². The normalized spacial score (nSPS) is 10.8. The van der Waals surface area contributed by atoms with Crippen LogP contribution in [-0.4, -0.2) is 15.0 Å². The number of rotatable bonds is 1. The van der Waals surface area contributed by atoms with Crippen molar-refractivity contribution < 1.29 is 0 Å². The van der Waals surface area contributed by atoms with Crippen LogP contribution in [0.15, 0.2) is 17.0 Å². The molecule has 12 heavy (non-hydrogen) atoms. The molecule has 2 rings (SSSR count). The third kappa shape index (κ3) is 1.12. The van der Waals surface area contributed by atoms with E-state index in [9.17, 15) is 0 Å². The third-order valence-electron chi connectivity index (χ3n) is 1.81. The molecule has 2 aromatic rings. The molecule has 2 aromatic heterocycles. The van der Waals surface area contributed by atoms with Crippen molar-refractivity contribution in [2.24, 2.45) is 0 Å². The molecular formula is C8H8BrN3.